The van der Waals surface area contributed by atoms with Crippen molar-refractivity contribution < 1.29 is 9.53 Å². The monoisotopic (exact) mass is 428 g/mol. The first kappa shape index (κ1) is 20.6. The highest BCUT2D eigenvalue weighted by Gasteiger charge is 2.59. The van der Waals surface area contributed by atoms with Gasteiger partial charge in [-0.2, -0.15) is 0 Å². The van der Waals surface area contributed by atoms with Gasteiger partial charge in [-0.25, -0.2) is 9.84 Å². The second-order valence-electron chi connectivity index (χ2n) is 9.88. The molecule has 5 rings (SSSR count). The van der Waals surface area contributed by atoms with Gasteiger partial charge in [-0.15, -0.1) is 0 Å². The highest BCUT2D eigenvalue weighted by molar-refractivity contribution is 6.07. The SMILES string of the molecule is [C-]#[N+]c1cccc(-c2ccc3c(c2)C2(CC4(CC(C)CC(C)C4)O3)N=C(N)N(C)C2=O)c1. The molecule has 3 unspecified atom stereocenters. The van der Waals surface area contributed by atoms with Gasteiger partial charge in [-0.05, 0) is 60.4 Å². The number of hydrogen-bond acceptors (Lipinski definition) is 4. The zero-order chi connectivity index (χ0) is 22.7. The summed E-state index contributed by atoms with van der Waals surface area (Å²) in [6.07, 6.45) is 3.47. The van der Waals surface area contributed by atoms with Crippen molar-refractivity contribution in [2.75, 3.05) is 7.05 Å². The molecule has 6 nitrogen and oxygen atoms in total. The van der Waals surface area contributed by atoms with Gasteiger partial charge >= 0.3 is 0 Å². The average molecular weight is 429 g/mol. The molecule has 2 spiro atoms. The predicted octanol–water partition coefficient (Wildman–Crippen LogP) is 4.86. The molecule has 1 amide bonds. The Hall–Kier alpha value is -3.33. The number of rotatable bonds is 1. The van der Waals surface area contributed by atoms with Gasteiger partial charge in [0.15, 0.2) is 17.2 Å². The number of nitrogens with two attached hydrogens (primary N) is 1. The van der Waals surface area contributed by atoms with Crippen LogP contribution in [0.5, 0.6) is 5.75 Å². The third-order valence-electron chi connectivity index (χ3n) is 7.19. The molecule has 32 heavy (non-hydrogen) atoms. The Balaban J connectivity index is 1.68. The van der Waals surface area contributed by atoms with Crippen LogP contribution < -0.4 is 10.5 Å². The quantitative estimate of drug-likeness (QED) is 0.659. The van der Waals surface area contributed by atoms with Crippen molar-refractivity contribution in [3.63, 3.8) is 0 Å². The first-order valence-corrected chi connectivity index (χ1v) is 11.2. The molecular formula is C26H28N4O2. The Bertz CT molecular complexity index is 1170. The van der Waals surface area contributed by atoms with Crippen LogP contribution in [-0.4, -0.2) is 29.4 Å². The summed E-state index contributed by atoms with van der Waals surface area (Å²) >= 11 is 0. The molecule has 1 saturated carbocycles. The van der Waals surface area contributed by atoms with E-state index in [0.29, 0.717) is 29.7 Å². The van der Waals surface area contributed by atoms with Gasteiger partial charge < -0.3 is 10.5 Å². The molecule has 3 atom stereocenters. The smallest absolute Gasteiger partial charge is 0.261 e. The van der Waals surface area contributed by atoms with E-state index >= 15 is 0 Å². The van der Waals surface area contributed by atoms with Crippen LogP contribution >= 0.6 is 0 Å². The van der Waals surface area contributed by atoms with Crippen LogP contribution in [0.15, 0.2) is 47.5 Å². The summed E-state index contributed by atoms with van der Waals surface area (Å²) < 4.78 is 6.71. The first-order valence-electron chi connectivity index (χ1n) is 11.2. The number of ether oxygens (including phenoxy) is 1. The van der Waals surface area contributed by atoms with Crippen LogP contribution in [0.25, 0.3) is 16.0 Å². The number of benzene rings is 2. The Labute approximate surface area is 188 Å². The lowest BCUT2D eigenvalue weighted by atomic mass is 9.65. The lowest BCUT2D eigenvalue weighted by Gasteiger charge is -2.49. The molecule has 2 heterocycles. The molecular weight excluding hydrogens is 400 g/mol. The van der Waals surface area contributed by atoms with Gasteiger partial charge in [0.25, 0.3) is 5.91 Å². The van der Waals surface area contributed by atoms with E-state index in [1.54, 1.807) is 13.1 Å². The highest BCUT2D eigenvalue weighted by Crippen LogP contribution is 2.55. The minimum absolute atomic E-state index is 0.100. The molecule has 2 aromatic rings. The van der Waals surface area contributed by atoms with Crippen molar-refractivity contribution in [3.05, 3.63) is 59.4 Å². The normalized spacial score (nSPS) is 31.2. The van der Waals surface area contributed by atoms with Gasteiger partial charge in [0.1, 0.15) is 11.4 Å². The fourth-order valence-electron chi connectivity index (χ4n) is 6.13. The summed E-state index contributed by atoms with van der Waals surface area (Å²) in [5, 5.41) is 0. The number of carbonyl (C=O) groups is 1. The highest BCUT2D eigenvalue weighted by atomic mass is 16.5. The first-order chi connectivity index (χ1) is 15.2. The van der Waals surface area contributed by atoms with Crippen LogP contribution in [-0.2, 0) is 10.3 Å². The second kappa shape index (κ2) is 7.09. The van der Waals surface area contributed by atoms with Crippen LogP contribution in [0.1, 0.15) is 45.1 Å². The molecule has 2 N–H and O–H groups in total. The van der Waals surface area contributed by atoms with E-state index in [0.717, 1.165) is 29.5 Å². The van der Waals surface area contributed by atoms with Crippen molar-refractivity contribution in [2.45, 2.75) is 50.7 Å². The van der Waals surface area contributed by atoms with E-state index in [1.807, 2.05) is 36.4 Å². The maximum atomic E-state index is 13.6. The molecule has 2 aliphatic heterocycles. The van der Waals surface area contributed by atoms with Crippen LogP contribution in [0, 0.1) is 18.4 Å². The third kappa shape index (κ3) is 3.07. The fourth-order valence-corrected chi connectivity index (χ4v) is 6.13. The lowest BCUT2D eigenvalue weighted by molar-refractivity contribution is -0.136. The number of likely N-dealkylation sites (N-methyl/N-ethyl adjacent to an activating group) is 1. The predicted molar refractivity (Wildman–Crippen MR) is 124 cm³/mol. The summed E-state index contributed by atoms with van der Waals surface area (Å²) in [5.41, 5.74) is 7.86. The number of carbonyl (C=O) groups excluding carboxylic acids is 1. The number of aliphatic imine (C=N–C) groups is 1. The van der Waals surface area contributed by atoms with Gasteiger partial charge in [-0.1, -0.05) is 38.1 Å². The van der Waals surface area contributed by atoms with Crippen molar-refractivity contribution in [2.24, 2.45) is 22.6 Å². The maximum Gasteiger partial charge on any atom is 0.261 e. The molecule has 3 aliphatic rings. The molecule has 6 heteroatoms. The van der Waals surface area contributed by atoms with Gasteiger partial charge in [0.05, 0.1) is 6.57 Å². The summed E-state index contributed by atoms with van der Waals surface area (Å²) in [6.45, 7) is 11.8. The van der Waals surface area contributed by atoms with Gasteiger partial charge in [-0.3, -0.25) is 9.69 Å². The van der Waals surface area contributed by atoms with E-state index in [9.17, 15) is 4.79 Å². The third-order valence-corrected chi connectivity index (χ3v) is 7.19. The zero-order valence-electron chi connectivity index (χ0n) is 18.8. The van der Waals surface area contributed by atoms with Crippen LogP contribution in [0.4, 0.5) is 5.69 Å². The maximum absolute atomic E-state index is 13.6. The van der Waals surface area contributed by atoms with E-state index in [1.165, 1.54) is 11.3 Å². The Kier molecular flexibility index (Phi) is 4.56. The Morgan fingerprint density at radius 3 is 2.53 bits per heavy atom. The van der Waals surface area contributed by atoms with E-state index in [-0.39, 0.29) is 11.9 Å². The summed E-state index contributed by atoms with van der Waals surface area (Å²) in [7, 11) is 1.69. The summed E-state index contributed by atoms with van der Waals surface area (Å²) in [5.74, 6) is 1.89. The molecule has 0 aromatic heterocycles. The molecule has 0 saturated heterocycles. The second-order valence-corrected chi connectivity index (χ2v) is 9.88. The minimum Gasteiger partial charge on any atom is -0.487 e. The number of amides is 1. The number of nitrogens with zero attached hydrogens (tertiary/aromatic N) is 3. The Morgan fingerprint density at radius 2 is 1.88 bits per heavy atom. The number of guanidine groups is 1. The van der Waals surface area contributed by atoms with Crippen molar-refractivity contribution in [1.29, 1.82) is 0 Å². The zero-order valence-corrected chi connectivity index (χ0v) is 18.8. The lowest BCUT2D eigenvalue weighted by Crippen LogP contribution is -2.54. The summed E-state index contributed by atoms with van der Waals surface area (Å²) in [6, 6.07) is 13.4. The van der Waals surface area contributed by atoms with E-state index in [2.05, 4.69) is 18.7 Å². The topological polar surface area (TPSA) is 72.3 Å². The summed E-state index contributed by atoms with van der Waals surface area (Å²) in [4.78, 5) is 23.4. The molecule has 164 valence electrons. The van der Waals surface area contributed by atoms with Crippen molar-refractivity contribution in [1.82, 2.24) is 4.90 Å². The largest absolute Gasteiger partial charge is 0.487 e. The molecule has 2 aromatic carbocycles. The van der Waals surface area contributed by atoms with E-state index in [4.69, 9.17) is 22.0 Å². The van der Waals surface area contributed by atoms with Crippen LogP contribution in [0.3, 0.4) is 0 Å². The number of hydrogen-bond donors (Lipinski definition) is 1. The standard InChI is InChI=1S/C26H28N4O2/c1-16-10-17(2)14-25(13-16)15-26(23(31)30(4)24(27)29-26)21-12-19(8-9-22(21)32-25)18-6-5-7-20(11-18)28-3/h5-9,11-12,16-17H,10,13-15H2,1-2,4H3,(H2,27,29). The molecule has 1 fully saturated rings. The average Bonchev–Trinajstić information content (AvgIpc) is 2.96. The Morgan fingerprint density at radius 1 is 1.16 bits per heavy atom. The van der Waals surface area contributed by atoms with Crippen molar-refractivity contribution >= 4 is 17.6 Å². The molecule has 1 aliphatic carbocycles. The fraction of sp³-hybridized carbons (Fsp3) is 0.423. The number of fused-ring (bicyclic) bond motifs is 2. The van der Waals surface area contributed by atoms with Crippen LogP contribution in [0.2, 0.25) is 0 Å². The van der Waals surface area contributed by atoms with Crippen molar-refractivity contribution in [3.8, 4) is 16.9 Å². The molecule has 0 radical (unpaired) electrons. The van der Waals surface area contributed by atoms with E-state index < -0.39 is 11.1 Å². The van der Waals surface area contributed by atoms with Gasteiger partial charge in [0, 0.05) is 19.0 Å². The minimum atomic E-state index is -1.07. The molecule has 0 bridgehead atoms. The van der Waals surface area contributed by atoms with Gasteiger partial charge in [0.2, 0.25) is 0 Å².